The number of aliphatic hydroxyl groups is 1. The third-order valence-electron chi connectivity index (χ3n) is 23.2. The number of nitrogens with two attached hydrogens (primary N) is 2. The number of anilines is 1. The Labute approximate surface area is 763 Å². The summed E-state index contributed by atoms with van der Waals surface area (Å²) < 4.78 is 49.2. The van der Waals surface area contributed by atoms with Crippen molar-refractivity contribution in [2.45, 2.75) is 251 Å². The van der Waals surface area contributed by atoms with Gasteiger partial charge in [-0.15, -0.1) is 5.10 Å². The van der Waals surface area contributed by atoms with Gasteiger partial charge in [0.15, 0.2) is 0 Å². The van der Waals surface area contributed by atoms with Crippen molar-refractivity contribution < 1.29 is 113 Å². The van der Waals surface area contributed by atoms with Crippen LogP contribution in [0.15, 0.2) is 54.6 Å². The van der Waals surface area contributed by atoms with E-state index >= 15 is 0 Å². The molecule has 0 spiro atoms. The molecule has 0 bridgehead atoms. The number of fused-ring (bicyclic) bond motifs is 1. The number of unbranched alkanes of at least 4 members (excludes halogenated alkanes) is 1. The van der Waals surface area contributed by atoms with E-state index in [2.05, 4.69) is 74.0 Å². The van der Waals surface area contributed by atoms with E-state index in [4.69, 9.17) is 49.4 Å². The van der Waals surface area contributed by atoms with Gasteiger partial charge in [-0.05, 0) is 118 Å². The highest BCUT2D eigenvalue weighted by Crippen LogP contribution is 2.33. The van der Waals surface area contributed by atoms with Gasteiger partial charge in [-0.25, -0.2) is 14.3 Å². The van der Waals surface area contributed by atoms with Crippen LogP contribution < -0.4 is 66.4 Å². The van der Waals surface area contributed by atoms with Crippen LogP contribution >= 0.6 is 0 Å². The van der Waals surface area contributed by atoms with Gasteiger partial charge in [0.25, 0.3) is 0 Å². The molecule has 724 valence electrons. The Bertz CT molecular complexity index is 3840. The minimum absolute atomic E-state index is 0. The standard InChI is InChI=1S/C90H151N17O20.ClH/c1-18-61(8)80(72(120-16)55-75(110)105-44-28-34-70(105)82(121-17)62(9)83(112)96-63(10)81(111)65-29-21-19-22-30-65)103(11)88(117)77(59(4)5)100-87(116)79(60(6)7)104(12)90(119)127-56-64-36-38-66(39-37-64)97-85(114)68(32-27-42-95-89(92)118)98-86(115)76(58(2)3)99-84(113)67(91)31-25-26-41-93-74(109)57-126-71-35-24-20-23-33-69-78(71)101-102-106(69)45-48-123-50-52-125-54-53-124-51-49-122-47-40-73(108)94-43-46-107(13,14)15;/h19,21-22,29-30,36-39,58-63,67-68,70-72,76-77,79-82,111H,18,20,23-28,31-35,40-57,91H2,1-17H3,(H9-,92,93,94,95,96,97,98,99,100,108,109,112,113,114,115,116,118);1H/t61-,62+,63+,67+,68-,70-,71?,72+,76-,77-,79-,80-,81+,82+;/m0./s1. The van der Waals surface area contributed by atoms with Crippen LogP contribution in [0.3, 0.4) is 0 Å². The van der Waals surface area contributed by atoms with Crippen molar-refractivity contribution in [1.29, 1.82) is 0 Å². The molecule has 0 saturated carbocycles. The maximum Gasteiger partial charge on any atom is 0.410 e. The van der Waals surface area contributed by atoms with E-state index in [-0.39, 0.29) is 87.4 Å². The Morgan fingerprint density at radius 1 is 0.641 bits per heavy atom. The van der Waals surface area contributed by atoms with E-state index in [1.807, 2.05) is 36.7 Å². The zero-order valence-corrected chi connectivity index (χ0v) is 79.6. The number of urea groups is 1. The first-order valence-corrected chi connectivity index (χ1v) is 45.3. The zero-order chi connectivity index (χ0) is 93.9. The highest BCUT2D eigenvalue weighted by molar-refractivity contribution is 5.99. The van der Waals surface area contributed by atoms with Gasteiger partial charge in [-0.1, -0.05) is 129 Å². The van der Waals surface area contributed by atoms with E-state index in [0.29, 0.717) is 146 Å². The van der Waals surface area contributed by atoms with Gasteiger partial charge < -0.3 is 124 Å². The van der Waals surface area contributed by atoms with E-state index in [1.165, 1.54) is 26.2 Å². The Balaban J connectivity index is 0.0000343. The largest absolute Gasteiger partial charge is 1.00 e. The van der Waals surface area contributed by atoms with Crippen LogP contribution in [0.2, 0.25) is 0 Å². The van der Waals surface area contributed by atoms with Gasteiger partial charge in [0.2, 0.25) is 53.2 Å². The number of likely N-dealkylation sites (tertiary alicyclic amines) is 1. The second-order valence-corrected chi connectivity index (χ2v) is 35.3. The fraction of sp³-hybridized carbons (Fsp3) is 0.722. The van der Waals surface area contributed by atoms with Crippen molar-refractivity contribution in [3.05, 3.63) is 77.1 Å². The first-order chi connectivity index (χ1) is 60.4. The van der Waals surface area contributed by atoms with Gasteiger partial charge in [0, 0.05) is 60.1 Å². The fourth-order valence-corrected chi connectivity index (χ4v) is 15.6. The quantitative estimate of drug-likeness (QED) is 0.0284. The van der Waals surface area contributed by atoms with E-state index in [0.717, 1.165) is 42.4 Å². The number of nitrogens with one attached hydrogen (secondary N) is 8. The van der Waals surface area contributed by atoms with Crippen molar-refractivity contribution in [2.75, 3.05) is 147 Å². The molecule has 128 heavy (non-hydrogen) atoms. The highest BCUT2D eigenvalue weighted by Gasteiger charge is 2.45. The van der Waals surface area contributed by atoms with Gasteiger partial charge >= 0.3 is 12.1 Å². The Hall–Kier alpha value is -8.76. The van der Waals surface area contributed by atoms with Gasteiger partial charge in [0.1, 0.15) is 49.2 Å². The van der Waals surface area contributed by atoms with Gasteiger partial charge in [-0.3, -0.25) is 48.1 Å². The number of likely N-dealkylation sites (N-methyl/N-ethyl adjacent to an activating group) is 3. The number of aromatic nitrogens is 3. The number of rotatable bonds is 59. The molecule has 1 aliphatic heterocycles. The molecule has 1 saturated heterocycles. The molecule has 38 heteroatoms. The molecule has 1 aromatic heterocycles. The number of carbonyl (C=O) groups excluding carboxylic acids is 11. The summed E-state index contributed by atoms with van der Waals surface area (Å²) in [5.41, 5.74) is 14.9. The lowest BCUT2D eigenvalue weighted by molar-refractivity contribution is -0.869. The molecule has 1 aliphatic carbocycles. The van der Waals surface area contributed by atoms with E-state index in [9.17, 15) is 57.8 Å². The summed E-state index contributed by atoms with van der Waals surface area (Å²) >= 11 is 0. The minimum Gasteiger partial charge on any atom is -1.00 e. The third kappa shape index (κ3) is 38.4. The summed E-state index contributed by atoms with van der Waals surface area (Å²) in [4.78, 5) is 155. The number of nitrogens with zero attached hydrogens (tertiary/aromatic N) is 7. The summed E-state index contributed by atoms with van der Waals surface area (Å²) in [6.07, 6.45) is 4.16. The Kier molecular flexibility index (Phi) is 51.3. The summed E-state index contributed by atoms with van der Waals surface area (Å²) in [5.74, 6) is -6.05. The Morgan fingerprint density at radius 3 is 1.88 bits per heavy atom. The lowest BCUT2D eigenvalue weighted by Gasteiger charge is -2.41. The third-order valence-corrected chi connectivity index (χ3v) is 23.2. The number of quaternary nitrogens is 1. The topological polar surface area (TPSA) is 471 Å². The summed E-state index contributed by atoms with van der Waals surface area (Å²) in [6, 6.07) is 7.48. The van der Waals surface area contributed by atoms with Crippen LogP contribution in [0.25, 0.3) is 0 Å². The Morgan fingerprint density at radius 2 is 1.27 bits per heavy atom. The number of amides is 12. The number of halogens is 1. The fourth-order valence-electron chi connectivity index (χ4n) is 15.6. The molecule has 13 N–H and O–H groups in total. The molecule has 2 heterocycles. The van der Waals surface area contributed by atoms with Crippen molar-refractivity contribution in [3.63, 3.8) is 0 Å². The first-order valence-electron chi connectivity index (χ1n) is 45.3. The molecule has 37 nitrogen and oxygen atoms in total. The number of benzene rings is 2. The molecule has 1 fully saturated rings. The molecule has 0 radical (unpaired) electrons. The second kappa shape index (κ2) is 58.8. The van der Waals surface area contributed by atoms with Crippen molar-refractivity contribution in [2.24, 2.45) is 41.1 Å². The molecular formula is C90H152ClN17O20. The van der Waals surface area contributed by atoms with Crippen molar-refractivity contribution in [1.82, 2.24) is 66.9 Å². The molecule has 14 atom stereocenters. The number of hydrogen-bond donors (Lipinski definition) is 11. The molecule has 1 unspecified atom stereocenters. The number of primary amides is 1. The monoisotopic (exact) mass is 1830 g/mol. The van der Waals surface area contributed by atoms with Crippen LogP contribution in [0.5, 0.6) is 0 Å². The molecule has 2 aromatic carbocycles. The molecule has 5 rings (SSSR count). The predicted octanol–water partition coefficient (Wildman–Crippen LogP) is 1.95. The average molecular weight is 1830 g/mol. The lowest BCUT2D eigenvalue weighted by Crippen LogP contribution is -3.00. The van der Waals surface area contributed by atoms with Crippen LogP contribution in [0.4, 0.5) is 15.3 Å². The van der Waals surface area contributed by atoms with E-state index < -0.39 is 138 Å². The highest BCUT2D eigenvalue weighted by atomic mass is 35.5. The average Bonchev–Trinajstić information content (AvgIpc) is 1.44. The smallest absolute Gasteiger partial charge is 0.410 e. The summed E-state index contributed by atoms with van der Waals surface area (Å²) in [6.45, 7) is 23.4. The number of carbonyl (C=O) groups is 11. The minimum atomic E-state index is -1.17. The van der Waals surface area contributed by atoms with Crippen LogP contribution in [-0.4, -0.2) is 307 Å². The predicted molar refractivity (Wildman–Crippen MR) is 479 cm³/mol. The maximum atomic E-state index is 14.9. The van der Waals surface area contributed by atoms with Crippen molar-refractivity contribution >= 4 is 71.0 Å². The normalized spacial score (nSPS) is 16.9. The maximum absolute atomic E-state index is 14.9. The van der Waals surface area contributed by atoms with Gasteiger partial charge in [-0.2, -0.15) is 0 Å². The van der Waals surface area contributed by atoms with Crippen LogP contribution in [0.1, 0.15) is 194 Å². The summed E-state index contributed by atoms with van der Waals surface area (Å²) in [5, 5.41) is 42.4. The van der Waals surface area contributed by atoms with Gasteiger partial charge in [0.05, 0.1) is 154 Å². The van der Waals surface area contributed by atoms with Crippen LogP contribution in [0, 0.1) is 29.6 Å². The second-order valence-electron chi connectivity index (χ2n) is 35.3. The van der Waals surface area contributed by atoms with E-state index in [1.54, 1.807) is 109 Å². The summed E-state index contributed by atoms with van der Waals surface area (Å²) in [7, 11) is 12.3. The van der Waals surface area contributed by atoms with Crippen molar-refractivity contribution in [3.8, 4) is 0 Å². The number of aliphatic hydroxyl groups excluding tert-OH is 1. The number of methoxy groups -OCH3 is 2. The molecular weight excluding hydrogens is 1670 g/mol. The SMILES string of the molecule is CC[C@H](C)[C@@H]([C@@H](CC(=O)N1CCC[C@H]1[C@H](OC)[C@@H](C)C(=O)N[C@H](C)[C@@H](O)c1ccccc1)OC)N(C)C(=O)[C@@H](NC(=O)[C@H](C(C)C)N(C)C(=O)OCc1ccc(NC(=O)[C@H](CCCNC(N)=O)NC(=O)[C@@H](NC(=O)[C@H](N)CCCCNC(=O)COC2CCCCCc3c2nnn3CCOCCOCCOCCOCCC(=O)NCC[N+](C)(C)C)C(C)C)cc1)C(C)C.[Cl-]. The first kappa shape index (κ1) is 112. The zero-order valence-electron chi connectivity index (χ0n) is 78.8. The number of hydrogen-bond acceptors (Lipinski definition) is 23. The van der Waals surface area contributed by atoms with Crippen LogP contribution in [-0.2, 0) is 101 Å². The molecule has 2 aliphatic rings. The lowest BCUT2D eigenvalue weighted by atomic mass is 9.89. The number of ether oxygens (including phenoxy) is 8. The molecule has 3 aromatic rings. The molecule has 12 amide bonds.